The molecule has 0 radical (unpaired) electrons. The molecule has 0 unspecified atom stereocenters. The SMILES string of the molecule is CCOC(=O)C(=O)c1cc(Cl)c(F)c(C)c1OC. The lowest BCUT2D eigenvalue weighted by atomic mass is 10.1. The van der Waals surface area contributed by atoms with Crippen molar-refractivity contribution in [1.29, 1.82) is 0 Å². The van der Waals surface area contributed by atoms with E-state index < -0.39 is 17.6 Å². The van der Waals surface area contributed by atoms with Crippen LogP contribution >= 0.6 is 11.6 Å². The van der Waals surface area contributed by atoms with E-state index in [1.165, 1.54) is 14.0 Å². The van der Waals surface area contributed by atoms with Gasteiger partial charge in [0.05, 0.1) is 24.3 Å². The quantitative estimate of drug-likeness (QED) is 0.481. The smallest absolute Gasteiger partial charge is 0.379 e. The zero-order valence-corrected chi connectivity index (χ0v) is 10.9. The van der Waals surface area contributed by atoms with Crippen LogP contribution in [0.1, 0.15) is 22.8 Å². The number of rotatable bonds is 4. The Bertz CT molecular complexity index is 499. The number of halogens is 2. The highest BCUT2D eigenvalue weighted by Crippen LogP contribution is 2.31. The number of esters is 1. The summed E-state index contributed by atoms with van der Waals surface area (Å²) in [5.41, 5.74) is -0.0440. The largest absolute Gasteiger partial charge is 0.496 e. The monoisotopic (exact) mass is 274 g/mol. The van der Waals surface area contributed by atoms with Crippen molar-refractivity contribution in [3.63, 3.8) is 0 Å². The molecule has 0 atom stereocenters. The molecule has 0 saturated heterocycles. The number of hydrogen-bond acceptors (Lipinski definition) is 4. The molecule has 1 aromatic rings. The number of Topliss-reactive ketones (excluding diaryl/α,β-unsaturated/α-hetero) is 1. The Kier molecular flexibility index (Phi) is 4.67. The van der Waals surface area contributed by atoms with Gasteiger partial charge in [0.2, 0.25) is 0 Å². The Morgan fingerprint density at radius 1 is 1.44 bits per heavy atom. The molecule has 0 amide bonds. The van der Waals surface area contributed by atoms with Gasteiger partial charge in [0.15, 0.2) is 0 Å². The Balaban J connectivity index is 3.32. The predicted octanol–water partition coefficient (Wildman–Crippen LogP) is 2.54. The standard InChI is InChI=1S/C12H12ClFO4/c1-4-18-12(16)10(15)7-5-8(13)9(14)6(2)11(7)17-3/h5H,4H2,1-3H3. The van der Waals surface area contributed by atoms with Crippen LogP contribution in [0.5, 0.6) is 5.75 Å². The van der Waals surface area contributed by atoms with E-state index in [1.54, 1.807) is 6.92 Å². The summed E-state index contributed by atoms with van der Waals surface area (Å²) in [6.07, 6.45) is 0. The molecule has 4 nitrogen and oxygen atoms in total. The van der Waals surface area contributed by atoms with Crippen molar-refractivity contribution in [3.8, 4) is 5.75 Å². The fraction of sp³-hybridized carbons (Fsp3) is 0.333. The van der Waals surface area contributed by atoms with Crippen LogP contribution < -0.4 is 4.74 Å². The van der Waals surface area contributed by atoms with Crippen LogP contribution in [0.15, 0.2) is 6.07 Å². The van der Waals surface area contributed by atoms with Gasteiger partial charge in [0.25, 0.3) is 5.78 Å². The summed E-state index contributed by atoms with van der Waals surface area (Å²) < 4.78 is 23.1. The molecule has 1 rings (SSSR count). The van der Waals surface area contributed by atoms with Crippen LogP contribution in [-0.2, 0) is 9.53 Å². The average Bonchev–Trinajstić information content (AvgIpc) is 2.35. The van der Waals surface area contributed by atoms with Gasteiger partial charge in [-0.25, -0.2) is 9.18 Å². The minimum Gasteiger partial charge on any atom is -0.496 e. The molecule has 0 saturated carbocycles. The maximum atomic E-state index is 13.5. The molecule has 0 bridgehead atoms. The third-order valence-electron chi connectivity index (χ3n) is 2.30. The van der Waals surface area contributed by atoms with E-state index in [0.29, 0.717) is 0 Å². The lowest BCUT2D eigenvalue weighted by molar-refractivity contribution is -0.137. The van der Waals surface area contributed by atoms with Gasteiger partial charge in [0.1, 0.15) is 11.6 Å². The van der Waals surface area contributed by atoms with Gasteiger partial charge in [-0.15, -0.1) is 0 Å². The number of benzene rings is 1. The first-order valence-corrected chi connectivity index (χ1v) is 5.55. The van der Waals surface area contributed by atoms with Gasteiger partial charge in [-0.2, -0.15) is 0 Å². The number of ether oxygens (including phenoxy) is 2. The van der Waals surface area contributed by atoms with Crippen molar-refractivity contribution in [1.82, 2.24) is 0 Å². The third-order valence-corrected chi connectivity index (χ3v) is 2.58. The molecule has 98 valence electrons. The van der Waals surface area contributed by atoms with E-state index in [4.69, 9.17) is 16.3 Å². The normalized spacial score (nSPS) is 10.1. The summed E-state index contributed by atoms with van der Waals surface area (Å²) in [5, 5.41) is -0.249. The van der Waals surface area contributed by atoms with E-state index in [2.05, 4.69) is 4.74 Å². The predicted molar refractivity (Wildman–Crippen MR) is 63.7 cm³/mol. The van der Waals surface area contributed by atoms with Crippen molar-refractivity contribution >= 4 is 23.4 Å². The fourth-order valence-corrected chi connectivity index (χ4v) is 1.73. The van der Waals surface area contributed by atoms with Gasteiger partial charge in [-0.05, 0) is 19.9 Å². The first kappa shape index (κ1) is 14.4. The molecule has 0 aliphatic rings. The summed E-state index contributed by atoms with van der Waals surface area (Å²) in [6, 6.07) is 1.06. The zero-order valence-electron chi connectivity index (χ0n) is 10.2. The minimum absolute atomic E-state index is 0.0186. The fourth-order valence-electron chi connectivity index (χ4n) is 1.47. The Labute approximate surface area is 109 Å². The maximum Gasteiger partial charge on any atom is 0.379 e. The number of carbonyl (C=O) groups is 2. The Morgan fingerprint density at radius 2 is 2.06 bits per heavy atom. The van der Waals surface area contributed by atoms with Crippen molar-refractivity contribution in [2.45, 2.75) is 13.8 Å². The number of hydrogen-bond donors (Lipinski definition) is 0. The van der Waals surface area contributed by atoms with E-state index in [1.807, 2.05) is 0 Å². The first-order chi connectivity index (χ1) is 8.43. The molecule has 0 aliphatic heterocycles. The highest BCUT2D eigenvalue weighted by atomic mass is 35.5. The molecule has 0 N–H and O–H groups in total. The maximum absolute atomic E-state index is 13.5. The van der Waals surface area contributed by atoms with Crippen molar-refractivity contribution < 1.29 is 23.5 Å². The first-order valence-electron chi connectivity index (χ1n) is 5.18. The zero-order chi connectivity index (χ0) is 13.9. The second-order valence-corrected chi connectivity index (χ2v) is 3.83. The van der Waals surface area contributed by atoms with Gasteiger partial charge in [-0.1, -0.05) is 11.6 Å². The van der Waals surface area contributed by atoms with Crippen molar-refractivity contribution in [2.24, 2.45) is 0 Å². The molecule has 0 aromatic heterocycles. The molecular weight excluding hydrogens is 263 g/mol. The number of carbonyl (C=O) groups excluding carboxylic acids is 2. The molecular formula is C12H12ClFO4. The van der Waals surface area contributed by atoms with Crippen LogP contribution in [0.3, 0.4) is 0 Å². The van der Waals surface area contributed by atoms with E-state index in [0.717, 1.165) is 6.07 Å². The van der Waals surface area contributed by atoms with E-state index in [-0.39, 0.29) is 28.5 Å². The highest BCUT2D eigenvalue weighted by molar-refractivity contribution is 6.42. The van der Waals surface area contributed by atoms with Gasteiger partial charge >= 0.3 is 5.97 Å². The van der Waals surface area contributed by atoms with Crippen LogP contribution in [0, 0.1) is 12.7 Å². The lowest BCUT2D eigenvalue weighted by Crippen LogP contribution is -2.19. The van der Waals surface area contributed by atoms with Gasteiger partial charge < -0.3 is 9.47 Å². The van der Waals surface area contributed by atoms with Gasteiger partial charge in [0, 0.05) is 5.56 Å². The van der Waals surface area contributed by atoms with E-state index in [9.17, 15) is 14.0 Å². The Morgan fingerprint density at radius 3 is 2.56 bits per heavy atom. The molecule has 0 heterocycles. The minimum atomic E-state index is -1.03. The lowest BCUT2D eigenvalue weighted by Gasteiger charge is -2.11. The summed E-state index contributed by atoms with van der Waals surface area (Å²) >= 11 is 5.64. The van der Waals surface area contributed by atoms with E-state index >= 15 is 0 Å². The number of ketones is 1. The summed E-state index contributed by atoms with van der Waals surface area (Å²) in [6.45, 7) is 3.05. The molecule has 0 fully saturated rings. The topological polar surface area (TPSA) is 52.6 Å². The second-order valence-electron chi connectivity index (χ2n) is 3.43. The Hall–Kier alpha value is -1.62. The van der Waals surface area contributed by atoms with Crippen LogP contribution in [0.25, 0.3) is 0 Å². The average molecular weight is 275 g/mol. The van der Waals surface area contributed by atoms with Crippen molar-refractivity contribution in [2.75, 3.05) is 13.7 Å². The second kappa shape index (κ2) is 5.82. The summed E-state index contributed by atoms with van der Waals surface area (Å²) in [5.74, 6) is -2.65. The van der Waals surface area contributed by atoms with Crippen LogP contribution in [0.4, 0.5) is 4.39 Å². The van der Waals surface area contributed by atoms with Gasteiger partial charge in [-0.3, -0.25) is 4.79 Å². The third kappa shape index (κ3) is 2.61. The molecule has 1 aromatic carbocycles. The van der Waals surface area contributed by atoms with Crippen LogP contribution in [-0.4, -0.2) is 25.5 Å². The summed E-state index contributed by atoms with van der Waals surface area (Å²) in [7, 11) is 1.28. The molecule has 18 heavy (non-hydrogen) atoms. The number of methoxy groups -OCH3 is 1. The highest BCUT2D eigenvalue weighted by Gasteiger charge is 2.25. The molecule has 6 heteroatoms. The molecule has 0 aliphatic carbocycles. The summed E-state index contributed by atoms with van der Waals surface area (Å²) in [4.78, 5) is 23.1. The molecule has 0 spiro atoms. The van der Waals surface area contributed by atoms with Crippen LogP contribution in [0.2, 0.25) is 5.02 Å². The van der Waals surface area contributed by atoms with Crippen molar-refractivity contribution in [3.05, 3.63) is 28.0 Å².